The van der Waals surface area contributed by atoms with E-state index in [1.807, 2.05) is 44.2 Å². The Balaban J connectivity index is 1.38. The first-order valence-corrected chi connectivity index (χ1v) is 10.7. The molecule has 1 heterocycles. The van der Waals surface area contributed by atoms with Crippen molar-refractivity contribution >= 4 is 40.5 Å². The number of rotatable bonds is 6. The van der Waals surface area contributed by atoms with E-state index >= 15 is 0 Å². The van der Waals surface area contributed by atoms with Gasteiger partial charge >= 0.3 is 6.03 Å². The number of carbonyl (C=O) groups excluding carboxylic acids is 1. The third-order valence-electron chi connectivity index (χ3n) is 5.01. The Morgan fingerprint density at radius 3 is 2.00 bits per heavy atom. The van der Waals surface area contributed by atoms with Crippen molar-refractivity contribution in [2.45, 2.75) is 20.8 Å². The van der Waals surface area contributed by atoms with Crippen molar-refractivity contribution in [3.05, 3.63) is 95.4 Å². The van der Waals surface area contributed by atoms with Gasteiger partial charge in [-0.25, -0.2) is 14.2 Å². The van der Waals surface area contributed by atoms with E-state index in [1.54, 1.807) is 43.3 Å². The summed E-state index contributed by atoms with van der Waals surface area (Å²) >= 11 is 0. The summed E-state index contributed by atoms with van der Waals surface area (Å²) < 4.78 is 13.7. The fourth-order valence-corrected chi connectivity index (χ4v) is 3.20. The number of nitrogens with zero attached hydrogens (tertiary/aromatic N) is 2. The Morgan fingerprint density at radius 2 is 1.29 bits per heavy atom. The number of nitrogens with one attached hydrogen (secondary N) is 4. The van der Waals surface area contributed by atoms with E-state index in [0.29, 0.717) is 28.7 Å². The van der Waals surface area contributed by atoms with Crippen LogP contribution < -0.4 is 21.3 Å². The summed E-state index contributed by atoms with van der Waals surface area (Å²) in [6.45, 7) is 5.61. The highest BCUT2D eigenvalue weighted by molar-refractivity contribution is 5.99. The zero-order valence-corrected chi connectivity index (χ0v) is 19.1. The highest BCUT2D eigenvalue weighted by Crippen LogP contribution is 2.21. The van der Waals surface area contributed by atoms with E-state index in [2.05, 4.69) is 31.2 Å². The molecule has 4 N–H and O–H groups in total. The summed E-state index contributed by atoms with van der Waals surface area (Å²) in [6, 6.07) is 21.1. The number of amides is 2. The van der Waals surface area contributed by atoms with Gasteiger partial charge in [-0.05, 0) is 74.9 Å². The van der Waals surface area contributed by atoms with Gasteiger partial charge in [0.1, 0.15) is 11.6 Å². The lowest BCUT2D eigenvalue weighted by Gasteiger charge is -2.11. The second kappa shape index (κ2) is 9.99. The van der Waals surface area contributed by atoms with Crippen molar-refractivity contribution in [1.29, 1.82) is 0 Å². The van der Waals surface area contributed by atoms with Crippen molar-refractivity contribution < 1.29 is 9.18 Å². The molecule has 0 atom stereocenters. The molecule has 1 aromatic heterocycles. The van der Waals surface area contributed by atoms with Crippen LogP contribution >= 0.6 is 0 Å². The number of anilines is 6. The second-order valence-corrected chi connectivity index (χ2v) is 7.95. The molecule has 0 aliphatic rings. The smallest absolute Gasteiger partial charge is 0.323 e. The second-order valence-electron chi connectivity index (χ2n) is 7.95. The molecule has 0 radical (unpaired) electrons. The van der Waals surface area contributed by atoms with E-state index < -0.39 is 6.03 Å². The first-order valence-electron chi connectivity index (χ1n) is 10.7. The van der Waals surface area contributed by atoms with Crippen molar-refractivity contribution in [3.63, 3.8) is 0 Å². The van der Waals surface area contributed by atoms with Crippen LogP contribution in [0.2, 0.25) is 0 Å². The molecular formula is C26H25FN6O. The first kappa shape index (κ1) is 22.7. The van der Waals surface area contributed by atoms with Crippen LogP contribution in [0.5, 0.6) is 0 Å². The van der Waals surface area contributed by atoms with Gasteiger partial charge in [0.05, 0.1) is 0 Å². The molecule has 0 saturated heterocycles. The zero-order valence-electron chi connectivity index (χ0n) is 19.1. The van der Waals surface area contributed by atoms with Crippen molar-refractivity contribution in [2.75, 3.05) is 21.3 Å². The lowest BCUT2D eigenvalue weighted by Crippen LogP contribution is -2.19. The fraction of sp³-hybridized carbons (Fsp3) is 0.115. The van der Waals surface area contributed by atoms with Gasteiger partial charge in [-0.2, -0.15) is 4.98 Å². The molecule has 3 aromatic carbocycles. The largest absolute Gasteiger partial charge is 0.340 e. The predicted octanol–water partition coefficient (Wildman–Crippen LogP) is 6.67. The van der Waals surface area contributed by atoms with Crippen LogP contribution in [0.3, 0.4) is 0 Å². The van der Waals surface area contributed by atoms with Crippen molar-refractivity contribution in [3.8, 4) is 0 Å². The first-order chi connectivity index (χ1) is 16.3. The van der Waals surface area contributed by atoms with Crippen LogP contribution in [0.25, 0.3) is 0 Å². The highest BCUT2D eigenvalue weighted by Gasteiger charge is 2.07. The number of benzene rings is 3. The monoisotopic (exact) mass is 456 g/mol. The molecule has 0 unspecified atom stereocenters. The number of hydrogen-bond acceptors (Lipinski definition) is 5. The maximum absolute atomic E-state index is 13.7. The van der Waals surface area contributed by atoms with Gasteiger partial charge in [0.2, 0.25) is 5.95 Å². The van der Waals surface area contributed by atoms with Crippen molar-refractivity contribution in [2.24, 2.45) is 0 Å². The Morgan fingerprint density at radius 1 is 0.706 bits per heavy atom. The number of aryl methyl sites for hydroxylation is 3. The molecule has 0 saturated carbocycles. The fourth-order valence-electron chi connectivity index (χ4n) is 3.20. The SMILES string of the molecule is Cc1ccc(Nc2cc(C)nc(Nc3ccc(NC(=O)Nc4ccc(C)c(F)c4)cc3)n2)cc1. The lowest BCUT2D eigenvalue weighted by molar-refractivity contribution is 0.262. The lowest BCUT2D eigenvalue weighted by atomic mass is 10.2. The van der Waals surface area contributed by atoms with Gasteiger partial charge in [0.25, 0.3) is 0 Å². The maximum Gasteiger partial charge on any atom is 0.323 e. The summed E-state index contributed by atoms with van der Waals surface area (Å²) in [4.78, 5) is 21.2. The van der Waals surface area contributed by atoms with Gasteiger partial charge in [-0.15, -0.1) is 0 Å². The molecule has 7 nitrogen and oxygen atoms in total. The van der Waals surface area contributed by atoms with E-state index in [4.69, 9.17) is 0 Å². The Hall–Kier alpha value is -4.46. The summed E-state index contributed by atoms with van der Waals surface area (Å²) in [7, 11) is 0. The topological polar surface area (TPSA) is 91.0 Å². The summed E-state index contributed by atoms with van der Waals surface area (Å²) in [6.07, 6.45) is 0. The number of hydrogen-bond donors (Lipinski definition) is 4. The molecule has 8 heteroatoms. The van der Waals surface area contributed by atoms with E-state index in [9.17, 15) is 9.18 Å². The zero-order chi connectivity index (χ0) is 24.1. The molecule has 2 amide bonds. The minimum absolute atomic E-state index is 0.371. The molecule has 4 rings (SSSR count). The Kier molecular flexibility index (Phi) is 6.68. The average Bonchev–Trinajstić information content (AvgIpc) is 2.79. The van der Waals surface area contributed by atoms with Gasteiger partial charge in [0.15, 0.2) is 0 Å². The molecule has 0 aliphatic carbocycles. The third kappa shape index (κ3) is 6.07. The van der Waals surface area contributed by atoms with Crippen molar-refractivity contribution in [1.82, 2.24) is 9.97 Å². The van der Waals surface area contributed by atoms with Gasteiger partial charge < -0.3 is 21.3 Å². The molecule has 0 fully saturated rings. The summed E-state index contributed by atoms with van der Waals surface area (Å²) in [5.74, 6) is 0.764. The highest BCUT2D eigenvalue weighted by atomic mass is 19.1. The molecule has 0 spiro atoms. The molecule has 172 valence electrons. The Bertz CT molecular complexity index is 1310. The van der Waals surface area contributed by atoms with E-state index in [-0.39, 0.29) is 5.82 Å². The molecule has 4 aromatic rings. The van der Waals surface area contributed by atoms with Crippen LogP contribution in [0.15, 0.2) is 72.8 Å². The number of aromatic nitrogens is 2. The minimum Gasteiger partial charge on any atom is -0.340 e. The predicted molar refractivity (Wildman–Crippen MR) is 135 cm³/mol. The average molecular weight is 457 g/mol. The third-order valence-corrected chi connectivity index (χ3v) is 5.01. The van der Waals surface area contributed by atoms with Crippen LogP contribution in [-0.4, -0.2) is 16.0 Å². The van der Waals surface area contributed by atoms with E-state index in [1.165, 1.54) is 11.6 Å². The van der Waals surface area contributed by atoms with E-state index in [0.717, 1.165) is 17.1 Å². The molecular weight excluding hydrogens is 431 g/mol. The quantitative estimate of drug-likeness (QED) is 0.260. The number of urea groups is 1. The van der Waals surface area contributed by atoms with Crippen LogP contribution in [0.4, 0.5) is 43.7 Å². The van der Waals surface area contributed by atoms with Crippen LogP contribution in [-0.2, 0) is 0 Å². The molecule has 0 aliphatic heterocycles. The summed E-state index contributed by atoms with van der Waals surface area (Å²) in [5, 5.41) is 11.8. The molecule has 34 heavy (non-hydrogen) atoms. The van der Waals surface area contributed by atoms with Crippen LogP contribution in [0.1, 0.15) is 16.8 Å². The van der Waals surface area contributed by atoms with Crippen LogP contribution in [0, 0.1) is 26.6 Å². The minimum atomic E-state index is -0.460. The number of halogens is 1. The number of carbonyl (C=O) groups is 1. The Labute approximate surface area is 197 Å². The van der Waals surface area contributed by atoms with Gasteiger partial charge in [-0.3, -0.25) is 0 Å². The summed E-state index contributed by atoms with van der Waals surface area (Å²) in [5.41, 5.74) is 5.19. The standard InChI is InChI=1S/C26H25FN6O/c1-16-4-7-19(8-5-16)29-24-14-18(3)28-25(33-24)30-20-10-12-21(13-11-20)31-26(34)32-22-9-6-17(2)23(27)15-22/h4-15H,1-3H3,(H2,31,32,34)(H2,28,29,30,33). The van der Waals surface area contributed by atoms with Gasteiger partial charge in [-0.1, -0.05) is 23.8 Å². The molecule has 0 bridgehead atoms. The maximum atomic E-state index is 13.7. The van der Waals surface area contributed by atoms with Gasteiger partial charge in [0, 0.05) is 34.5 Å². The normalized spacial score (nSPS) is 10.5.